The summed E-state index contributed by atoms with van der Waals surface area (Å²) in [7, 11) is 0. The first-order valence-corrected chi connectivity index (χ1v) is 5.04. The fraction of sp³-hybridized carbons (Fsp3) is 0.800. The molecule has 1 heterocycles. The smallest absolute Gasteiger partial charge is 0.303 e. The Morgan fingerprint density at radius 2 is 2.06 bits per heavy atom. The van der Waals surface area contributed by atoms with Gasteiger partial charge in [0.25, 0.3) is 0 Å². The lowest BCUT2D eigenvalue weighted by atomic mass is 10.1. The van der Waals surface area contributed by atoms with Gasteiger partial charge in [-0.2, -0.15) is 0 Å². The van der Waals surface area contributed by atoms with Crippen molar-refractivity contribution in [1.29, 1.82) is 0 Å². The minimum absolute atomic E-state index is 0.259. The number of carbonyl (C=O) groups excluding carboxylic acids is 2. The number of carbonyl (C=O) groups is 2. The number of hydrogen-bond donors (Lipinski definition) is 1. The third-order valence-electron chi connectivity index (χ3n) is 2.24. The lowest BCUT2D eigenvalue weighted by Crippen LogP contribution is -2.46. The van der Waals surface area contributed by atoms with Gasteiger partial charge >= 0.3 is 11.9 Å². The summed E-state index contributed by atoms with van der Waals surface area (Å²) in [5.41, 5.74) is 0. The summed E-state index contributed by atoms with van der Waals surface area (Å²) in [6.07, 6.45) is -0.693. The van der Waals surface area contributed by atoms with E-state index in [0.29, 0.717) is 6.42 Å². The number of hydrogen-bond acceptors (Lipinski definition) is 6. The monoisotopic (exact) mass is 232 g/mol. The van der Waals surface area contributed by atoms with Crippen LogP contribution in [0.15, 0.2) is 0 Å². The number of ether oxygens (including phenoxy) is 3. The van der Waals surface area contributed by atoms with E-state index in [1.54, 1.807) is 6.92 Å². The average molecular weight is 232 g/mol. The fourth-order valence-corrected chi connectivity index (χ4v) is 1.63. The van der Waals surface area contributed by atoms with Crippen molar-refractivity contribution in [2.24, 2.45) is 0 Å². The Labute approximate surface area is 93.5 Å². The van der Waals surface area contributed by atoms with Gasteiger partial charge in [-0.1, -0.05) is 0 Å². The first kappa shape index (κ1) is 12.9. The van der Waals surface area contributed by atoms with Crippen molar-refractivity contribution in [3.63, 3.8) is 0 Å². The maximum absolute atomic E-state index is 10.8. The van der Waals surface area contributed by atoms with Gasteiger partial charge in [0.1, 0.15) is 6.61 Å². The summed E-state index contributed by atoms with van der Waals surface area (Å²) in [6.45, 7) is 3.87. The molecular formula is C10H16O6. The molecular weight excluding hydrogens is 216 g/mol. The normalized spacial score (nSPS) is 33.5. The Kier molecular flexibility index (Phi) is 3.88. The predicted octanol–water partition coefficient (Wildman–Crippen LogP) is -0.0214. The Morgan fingerprint density at radius 1 is 1.44 bits per heavy atom. The van der Waals surface area contributed by atoms with E-state index in [4.69, 9.17) is 9.47 Å². The van der Waals surface area contributed by atoms with Crippen LogP contribution in [0, 0.1) is 0 Å². The van der Waals surface area contributed by atoms with E-state index in [1.165, 1.54) is 13.8 Å². The first-order chi connectivity index (χ1) is 7.33. The van der Waals surface area contributed by atoms with Crippen molar-refractivity contribution in [2.45, 2.75) is 45.2 Å². The molecule has 1 rings (SSSR count). The van der Waals surface area contributed by atoms with Gasteiger partial charge in [-0.25, -0.2) is 0 Å². The summed E-state index contributed by atoms with van der Waals surface area (Å²) in [4.78, 5) is 21.5. The van der Waals surface area contributed by atoms with Crippen molar-refractivity contribution in [3.8, 4) is 0 Å². The second-order valence-corrected chi connectivity index (χ2v) is 3.89. The maximum atomic E-state index is 10.8. The summed E-state index contributed by atoms with van der Waals surface area (Å²) >= 11 is 0. The molecule has 1 aliphatic heterocycles. The highest BCUT2D eigenvalue weighted by Crippen LogP contribution is 2.31. The van der Waals surface area contributed by atoms with Crippen molar-refractivity contribution in [3.05, 3.63) is 0 Å². The quantitative estimate of drug-likeness (QED) is 0.688. The van der Waals surface area contributed by atoms with Gasteiger partial charge in [-0.3, -0.25) is 9.59 Å². The van der Waals surface area contributed by atoms with Crippen LogP contribution in [0.1, 0.15) is 27.2 Å². The largest absolute Gasteiger partial charge is 0.460 e. The first-order valence-electron chi connectivity index (χ1n) is 5.04. The zero-order valence-electron chi connectivity index (χ0n) is 9.56. The third-order valence-corrected chi connectivity index (χ3v) is 2.24. The molecule has 0 aromatic carbocycles. The van der Waals surface area contributed by atoms with Gasteiger partial charge in [-0.15, -0.1) is 0 Å². The molecule has 6 heteroatoms. The molecule has 1 saturated heterocycles. The zero-order chi connectivity index (χ0) is 12.3. The molecule has 1 N–H and O–H groups in total. The van der Waals surface area contributed by atoms with Crippen LogP contribution in [0.2, 0.25) is 0 Å². The minimum Gasteiger partial charge on any atom is -0.460 e. The van der Waals surface area contributed by atoms with Gasteiger partial charge in [0.15, 0.2) is 6.10 Å². The maximum Gasteiger partial charge on any atom is 0.303 e. The van der Waals surface area contributed by atoms with Crippen molar-refractivity contribution < 1.29 is 28.9 Å². The summed E-state index contributed by atoms with van der Waals surface area (Å²) < 4.78 is 14.8. The zero-order valence-corrected chi connectivity index (χ0v) is 9.56. The molecule has 1 aliphatic rings. The van der Waals surface area contributed by atoms with E-state index in [0.717, 1.165) is 0 Å². The molecule has 16 heavy (non-hydrogen) atoms. The van der Waals surface area contributed by atoms with Crippen molar-refractivity contribution in [2.75, 3.05) is 6.61 Å². The fourth-order valence-electron chi connectivity index (χ4n) is 1.63. The van der Waals surface area contributed by atoms with Gasteiger partial charge in [0.2, 0.25) is 5.79 Å². The standard InChI is InChI=1S/C10H16O6/c1-6-4-9(15-8(3)12)10(13,16-6)5-14-7(2)11/h6,9,13H,4-5H2,1-3H3/t6-,9-,10?/m0/s1. The lowest BCUT2D eigenvalue weighted by Gasteiger charge is -2.27. The molecule has 1 unspecified atom stereocenters. The van der Waals surface area contributed by atoms with Gasteiger partial charge < -0.3 is 19.3 Å². The molecule has 0 bridgehead atoms. The molecule has 92 valence electrons. The SMILES string of the molecule is CC(=O)OCC1(O)O[C@@H](C)C[C@@H]1OC(C)=O. The molecule has 1 fully saturated rings. The molecule has 0 aliphatic carbocycles. The highest BCUT2D eigenvalue weighted by atomic mass is 16.7. The molecule has 0 amide bonds. The van der Waals surface area contributed by atoms with E-state index in [1.807, 2.05) is 0 Å². The van der Waals surface area contributed by atoms with Crippen LogP contribution in [0.25, 0.3) is 0 Å². The highest BCUT2D eigenvalue weighted by Gasteiger charge is 2.49. The van der Waals surface area contributed by atoms with E-state index in [9.17, 15) is 14.7 Å². The molecule has 0 aromatic rings. The minimum atomic E-state index is -1.74. The Balaban J connectivity index is 2.65. The number of aliphatic hydroxyl groups is 1. The number of esters is 2. The topological polar surface area (TPSA) is 82.1 Å². The van der Waals surface area contributed by atoms with Crippen LogP contribution in [0.4, 0.5) is 0 Å². The Morgan fingerprint density at radius 3 is 2.56 bits per heavy atom. The molecule has 0 aromatic heterocycles. The van der Waals surface area contributed by atoms with Crippen LogP contribution < -0.4 is 0 Å². The number of rotatable bonds is 3. The van der Waals surface area contributed by atoms with Crippen LogP contribution in [0.5, 0.6) is 0 Å². The Hall–Kier alpha value is -1.14. The predicted molar refractivity (Wildman–Crippen MR) is 52.3 cm³/mol. The molecule has 6 nitrogen and oxygen atoms in total. The van der Waals surface area contributed by atoms with Gasteiger partial charge in [-0.05, 0) is 6.92 Å². The summed E-state index contributed by atoms with van der Waals surface area (Å²) in [6, 6.07) is 0. The van der Waals surface area contributed by atoms with Crippen LogP contribution in [0.3, 0.4) is 0 Å². The van der Waals surface area contributed by atoms with Gasteiger partial charge in [0, 0.05) is 20.3 Å². The van der Waals surface area contributed by atoms with E-state index in [-0.39, 0.29) is 12.7 Å². The second kappa shape index (κ2) is 4.80. The molecule has 0 radical (unpaired) electrons. The van der Waals surface area contributed by atoms with Crippen LogP contribution >= 0.6 is 0 Å². The van der Waals surface area contributed by atoms with Crippen LogP contribution in [-0.2, 0) is 23.8 Å². The Bertz CT molecular complexity index is 289. The summed E-state index contributed by atoms with van der Waals surface area (Å²) in [5.74, 6) is -2.78. The lowest BCUT2D eigenvalue weighted by molar-refractivity contribution is -0.252. The van der Waals surface area contributed by atoms with E-state index >= 15 is 0 Å². The van der Waals surface area contributed by atoms with Crippen molar-refractivity contribution in [1.82, 2.24) is 0 Å². The van der Waals surface area contributed by atoms with Gasteiger partial charge in [0.05, 0.1) is 6.10 Å². The highest BCUT2D eigenvalue weighted by molar-refractivity contribution is 5.66. The molecule has 0 spiro atoms. The van der Waals surface area contributed by atoms with E-state index in [2.05, 4.69) is 4.74 Å². The third kappa shape index (κ3) is 3.18. The second-order valence-electron chi connectivity index (χ2n) is 3.89. The average Bonchev–Trinajstić information content (AvgIpc) is 2.38. The van der Waals surface area contributed by atoms with E-state index < -0.39 is 23.8 Å². The molecule has 3 atom stereocenters. The molecule has 0 saturated carbocycles. The van der Waals surface area contributed by atoms with Crippen molar-refractivity contribution >= 4 is 11.9 Å². The summed E-state index contributed by atoms with van der Waals surface area (Å²) in [5, 5.41) is 10.0. The van der Waals surface area contributed by atoms with Crippen LogP contribution in [-0.4, -0.2) is 41.6 Å².